The standard InChI is InChI=1S/C18H24N2O5.C6H10O3/c1-4-16(21)19-10-12-24-18(25-13-11-20-17(22)5-2)14-6-8-15(23-3)9-7-14;1-5(2)6(8)9-4-3-7/h4-9,18H,1-2,10-13H2,3H3,(H,19,21)(H,20,22);7H,1,3-4H2,2H3. The van der Waals surface area contributed by atoms with Crippen LogP contribution in [0.3, 0.4) is 0 Å². The lowest BCUT2D eigenvalue weighted by molar-refractivity contribution is -0.146. The molecule has 0 aliphatic heterocycles. The van der Waals surface area contributed by atoms with Gasteiger partial charge in [-0.2, -0.15) is 0 Å². The molecule has 0 aliphatic rings. The number of aliphatic hydroxyl groups is 1. The molecule has 34 heavy (non-hydrogen) atoms. The van der Waals surface area contributed by atoms with Crippen LogP contribution in [0.2, 0.25) is 0 Å². The Balaban J connectivity index is 0.00000102. The van der Waals surface area contributed by atoms with E-state index < -0.39 is 12.3 Å². The molecule has 0 saturated carbocycles. The van der Waals surface area contributed by atoms with Crippen LogP contribution in [0, 0.1) is 0 Å². The molecule has 10 heteroatoms. The van der Waals surface area contributed by atoms with Crippen molar-refractivity contribution in [2.45, 2.75) is 13.2 Å². The Kier molecular flexibility index (Phi) is 17.1. The molecule has 188 valence electrons. The molecule has 0 aliphatic carbocycles. The van der Waals surface area contributed by atoms with Gasteiger partial charge in [0.25, 0.3) is 0 Å². The van der Waals surface area contributed by atoms with Crippen LogP contribution in [0.5, 0.6) is 5.75 Å². The summed E-state index contributed by atoms with van der Waals surface area (Å²) in [6.07, 6.45) is 1.76. The topological polar surface area (TPSA) is 132 Å². The van der Waals surface area contributed by atoms with Crippen molar-refractivity contribution in [3.8, 4) is 5.75 Å². The van der Waals surface area contributed by atoms with Gasteiger partial charge in [-0.05, 0) is 31.2 Å². The number of aliphatic hydroxyl groups excluding tert-OH is 1. The van der Waals surface area contributed by atoms with Crippen molar-refractivity contribution in [1.82, 2.24) is 10.6 Å². The van der Waals surface area contributed by atoms with E-state index in [-0.39, 0.29) is 38.2 Å². The SMILES string of the molecule is C=C(C)C(=O)OCCO.C=CC(=O)NCCOC(OCCNC(=O)C=C)c1ccc(OC)cc1. The van der Waals surface area contributed by atoms with Gasteiger partial charge in [0.2, 0.25) is 11.8 Å². The molecule has 0 heterocycles. The summed E-state index contributed by atoms with van der Waals surface area (Å²) < 4.78 is 21.0. The molecule has 0 unspecified atom stereocenters. The van der Waals surface area contributed by atoms with E-state index in [4.69, 9.17) is 19.3 Å². The van der Waals surface area contributed by atoms with Crippen molar-refractivity contribution < 1.29 is 38.4 Å². The summed E-state index contributed by atoms with van der Waals surface area (Å²) in [6.45, 7) is 12.7. The minimum absolute atomic E-state index is 0.0473. The molecule has 1 aromatic carbocycles. The summed E-state index contributed by atoms with van der Waals surface area (Å²) in [4.78, 5) is 32.7. The Morgan fingerprint density at radius 3 is 1.85 bits per heavy atom. The number of carbonyl (C=O) groups excluding carboxylic acids is 3. The van der Waals surface area contributed by atoms with Crippen LogP contribution >= 0.6 is 0 Å². The second-order valence-corrected chi connectivity index (χ2v) is 6.48. The van der Waals surface area contributed by atoms with Crippen molar-refractivity contribution in [2.75, 3.05) is 46.6 Å². The number of carbonyl (C=O) groups is 3. The van der Waals surface area contributed by atoms with Crippen LogP contribution in [0.15, 0.2) is 61.7 Å². The van der Waals surface area contributed by atoms with Gasteiger partial charge in [-0.15, -0.1) is 0 Å². The van der Waals surface area contributed by atoms with Gasteiger partial charge in [0.05, 0.1) is 26.9 Å². The number of ether oxygens (including phenoxy) is 4. The summed E-state index contributed by atoms with van der Waals surface area (Å²) >= 11 is 0. The number of benzene rings is 1. The van der Waals surface area contributed by atoms with Crippen LogP contribution < -0.4 is 15.4 Å². The van der Waals surface area contributed by atoms with Gasteiger partial charge < -0.3 is 34.7 Å². The van der Waals surface area contributed by atoms with Crippen LogP contribution in [-0.4, -0.2) is 69.5 Å². The monoisotopic (exact) mass is 478 g/mol. The number of hydrogen-bond donors (Lipinski definition) is 3. The Hall–Kier alpha value is -3.47. The first-order chi connectivity index (χ1) is 16.3. The zero-order chi connectivity index (χ0) is 25.8. The third-order valence-corrected chi connectivity index (χ3v) is 3.77. The van der Waals surface area contributed by atoms with Crippen LogP contribution in [0.1, 0.15) is 18.8 Å². The van der Waals surface area contributed by atoms with Gasteiger partial charge >= 0.3 is 5.97 Å². The number of hydrogen-bond acceptors (Lipinski definition) is 8. The average Bonchev–Trinajstić information content (AvgIpc) is 2.86. The van der Waals surface area contributed by atoms with Crippen molar-refractivity contribution in [2.24, 2.45) is 0 Å². The van der Waals surface area contributed by atoms with E-state index in [0.717, 1.165) is 11.3 Å². The fourth-order valence-electron chi connectivity index (χ4n) is 2.09. The van der Waals surface area contributed by atoms with Gasteiger partial charge in [-0.25, -0.2) is 4.79 Å². The second kappa shape index (κ2) is 19.0. The van der Waals surface area contributed by atoms with Crippen molar-refractivity contribution in [3.05, 3.63) is 67.3 Å². The maximum absolute atomic E-state index is 11.1. The van der Waals surface area contributed by atoms with Gasteiger partial charge in [-0.1, -0.05) is 31.9 Å². The summed E-state index contributed by atoms with van der Waals surface area (Å²) in [5, 5.41) is 13.4. The highest BCUT2D eigenvalue weighted by Gasteiger charge is 2.13. The fourth-order valence-corrected chi connectivity index (χ4v) is 2.09. The summed E-state index contributed by atoms with van der Waals surface area (Å²) in [7, 11) is 1.59. The maximum Gasteiger partial charge on any atom is 0.333 e. The molecule has 0 aromatic heterocycles. The molecule has 10 nitrogen and oxygen atoms in total. The van der Waals surface area contributed by atoms with E-state index in [9.17, 15) is 14.4 Å². The Morgan fingerprint density at radius 1 is 0.971 bits per heavy atom. The zero-order valence-electron chi connectivity index (χ0n) is 19.7. The van der Waals surface area contributed by atoms with Crippen LogP contribution in [0.4, 0.5) is 0 Å². The molecular weight excluding hydrogens is 444 g/mol. The largest absolute Gasteiger partial charge is 0.497 e. The van der Waals surface area contributed by atoms with Gasteiger partial charge in [-0.3, -0.25) is 9.59 Å². The second-order valence-electron chi connectivity index (χ2n) is 6.48. The van der Waals surface area contributed by atoms with E-state index in [2.05, 4.69) is 35.1 Å². The number of nitrogens with one attached hydrogen (secondary N) is 2. The predicted molar refractivity (Wildman–Crippen MR) is 127 cm³/mol. The first kappa shape index (κ1) is 30.5. The molecule has 0 atom stereocenters. The fraction of sp³-hybridized carbons (Fsp3) is 0.375. The number of amides is 2. The molecule has 0 saturated heterocycles. The summed E-state index contributed by atoms with van der Waals surface area (Å²) in [5.74, 6) is -0.265. The van der Waals surface area contributed by atoms with E-state index in [1.807, 2.05) is 12.1 Å². The quantitative estimate of drug-likeness (QED) is 0.149. The molecule has 2 amide bonds. The minimum atomic E-state index is -0.632. The van der Waals surface area contributed by atoms with Gasteiger partial charge in [0, 0.05) is 24.2 Å². The third-order valence-electron chi connectivity index (χ3n) is 3.77. The molecule has 0 radical (unpaired) electrons. The number of esters is 1. The molecule has 0 fully saturated rings. The first-order valence-corrected chi connectivity index (χ1v) is 10.4. The van der Waals surface area contributed by atoms with Crippen molar-refractivity contribution >= 4 is 17.8 Å². The van der Waals surface area contributed by atoms with Crippen LogP contribution in [-0.2, 0) is 28.6 Å². The Bertz CT molecular complexity index is 765. The highest BCUT2D eigenvalue weighted by Crippen LogP contribution is 2.21. The lowest BCUT2D eigenvalue weighted by atomic mass is 10.2. The molecule has 1 aromatic rings. The van der Waals surface area contributed by atoms with Gasteiger partial charge in [0.1, 0.15) is 12.4 Å². The number of rotatable bonds is 15. The highest BCUT2D eigenvalue weighted by atomic mass is 16.7. The van der Waals surface area contributed by atoms with E-state index >= 15 is 0 Å². The van der Waals surface area contributed by atoms with E-state index in [0.29, 0.717) is 18.7 Å². The summed E-state index contributed by atoms with van der Waals surface area (Å²) in [6, 6.07) is 7.25. The summed E-state index contributed by atoms with van der Waals surface area (Å²) in [5.41, 5.74) is 1.15. The number of methoxy groups -OCH3 is 1. The van der Waals surface area contributed by atoms with E-state index in [1.54, 1.807) is 26.2 Å². The van der Waals surface area contributed by atoms with Crippen molar-refractivity contribution in [1.29, 1.82) is 0 Å². The van der Waals surface area contributed by atoms with E-state index in [1.165, 1.54) is 12.2 Å². The third kappa shape index (κ3) is 14.6. The van der Waals surface area contributed by atoms with Crippen LogP contribution in [0.25, 0.3) is 0 Å². The highest BCUT2D eigenvalue weighted by molar-refractivity contribution is 5.87. The molecule has 0 spiro atoms. The lowest BCUT2D eigenvalue weighted by Crippen LogP contribution is -2.28. The van der Waals surface area contributed by atoms with Gasteiger partial charge in [0.15, 0.2) is 6.29 Å². The maximum atomic E-state index is 11.1. The minimum Gasteiger partial charge on any atom is -0.497 e. The first-order valence-electron chi connectivity index (χ1n) is 10.4. The average molecular weight is 479 g/mol. The predicted octanol–water partition coefficient (Wildman–Crippen LogP) is 1.43. The molecule has 1 rings (SSSR count). The lowest BCUT2D eigenvalue weighted by Gasteiger charge is -2.19. The molecule has 3 N–H and O–H groups in total. The zero-order valence-corrected chi connectivity index (χ0v) is 19.7. The Labute approximate surface area is 200 Å². The smallest absolute Gasteiger partial charge is 0.333 e. The molecular formula is C24H34N2O8. The normalized spacial score (nSPS) is 9.76. The Morgan fingerprint density at radius 2 is 1.47 bits per heavy atom. The molecule has 0 bridgehead atoms. The van der Waals surface area contributed by atoms with Crippen molar-refractivity contribution in [3.63, 3.8) is 0 Å².